The Morgan fingerprint density at radius 2 is 1.81 bits per heavy atom. The van der Waals surface area contributed by atoms with E-state index >= 15 is 0 Å². The van der Waals surface area contributed by atoms with Gasteiger partial charge in [-0.15, -0.1) is 0 Å². The lowest BCUT2D eigenvalue weighted by Gasteiger charge is -2.07. The highest BCUT2D eigenvalue weighted by Crippen LogP contribution is 2.28. The standard InChI is InChI=1S/C20H14ClF2N3O/c1-25-10-15(13-3-5-14(21)6-4-13)18-19(25)20(27)26(11-24-18)9-12-2-7-16(22)17(23)8-12/h2-8,10-11H,9H2,1H3. The zero-order chi connectivity index (χ0) is 19.1. The van der Waals surface area contributed by atoms with Crippen molar-refractivity contribution in [2.24, 2.45) is 7.05 Å². The van der Waals surface area contributed by atoms with Crippen LogP contribution in [0.25, 0.3) is 22.2 Å². The maximum Gasteiger partial charge on any atom is 0.278 e. The SMILES string of the molecule is Cn1cc(-c2ccc(Cl)cc2)c2ncn(Cc3ccc(F)c(F)c3)c(=O)c21. The number of nitrogens with zero attached hydrogens (tertiary/aromatic N) is 3. The van der Waals surface area contributed by atoms with E-state index < -0.39 is 11.6 Å². The van der Waals surface area contributed by atoms with E-state index in [2.05, 4.69) is 4.98 Å². The Morgan fingerprint density at radius 1 is 1.07 bits per heavy atom. The zero-order valence-electron chi connectivity index (χ0n) is 14.3. The summed E-state index contributed by atoms with van der Waals surface area (Å²) < 4.78 is 29.6. The summed E-state index contributed by atoms with van der Waals surface area (Å²) in [5, 5.41) is 0.626. The largest absolute Gasteiger partial charge is 0.344 e. The van der Waals surface area contributed by atoms with Crippen molar-refractivity contribution in [3.8, 4) is 11.1 Å². The molecule has 0 saturated heterocycles. The van der Waals surface area contributed by atoms with Gasteiger partial charge in [-0.3, -0.25) is 9.36 Å². The number of aromatic nitrogens is 3. The first kappa shape index (κ1) is 17.4. The zero-order valence-corrected chi connectivity index (χ0v) is 15.0. The van der Waals surface area contributed by atoms with E-state index in [1.54, 1.807) is 23.7 Å². The number of hydrogen-bond acceptors (Lipinski definition) is 2. The van der Waals surface area contributed by atoms with Gasteiger partial charge < -0.3 is 4.57 Å². The molecule has 0 saturated carbocycles. The average Bonchev–Trinajstić information content (AvgIpc) is 2.98. The third-order valence-corrected chi connectivity index (χ3v) is 4.69. The predicted octanol–water partition coefficient (Wildman–Crippen LogP) is 4.38. The normalized spacial score (nSPS) is 11.3. The maximum absolute atomic E-state index is 13.4. The molecule has 0 bridgehead atoms. The van der Waals surface area contributed by atoms with E-state index in [4.69, 9.17) is 11.6 Å². The van der Waals surface area contributed by atoms with Gasteiger partial charge in [-0.25, -0.2) is 13.8 Å². The molecule has 2 heterocycles. The molecule has 0 unspecified atom stereocenters. The number of halogens is 3. The van der Waals surface area contributed by atoms with Crippen LogP contribution in [0, 0.1) is 11.6 Å². The molecule has 0 radical (unpaired) electrons. The van der Waals surface area contributed by atoms with Crippen molar-refractivity contribution >= 4 is 22.6 Å². The minimum Gasteiger partial charge on any atom is -0.344 e. The molecule has 0 amide bonds. The first-order valence-corrected chi connectivity index (χ1v) is 8.56. The molecule has 7 heteroatoms. The number of hydrogen-bond donors (Lipinski definition) is 0. The topological polar surface area (TPSA) is 39.8 Å². The minimum absolute atomic E-state index is 0.0977. The highest BCUT2D eigenvalue weighted by atomic mass is 35.5. The van der Waals surface area contributed by atoms with Crippen LogP contribution in [-0.4, -0.2) is 14.1 Å². The molecule has 4 nitrogen and oxygen atoms in total. The Morgan fingerprint density at radius 3 is 2.52 bits per heavy atom. The van der Waals surface area contributed by atoms with Crippen molar-refractivity contribution < 1.29 is 8.78 Å². The van der Waals surface area contributed by atoms with E-state index in [0.29, 0.717) is 21.6 Å². The molecule has 0 aliphatic rings. The van der Waals surface area contributed by atoms with Crippen LogP contribution in [0.5, 0.6) is 0 Å². The number of aryl methyl sites for hydroxylation is 1. The van der Waals surface area contributed by atoms with Crippen molar-refractivity contribution in [1.29, 1.82) is 0 Å². The van der Waals surface area contributed by atoms with Gasteiger partial charge in [0.2, 0.25) is 0 Å². The Balaban J connectivity index is 1.80. The van der Waals surface area contributed by atoms with Crippen molar-refractivity contribution in [2.75, 3.05) is 0 Å². The monoisotopic (exact) mass is 385 g/mol. The molecule has 0 fully saturated rings. The van der Waals surface area contributed by atoms with Crippen LogP contribution in [0.4, 0.5) is 8.78 Å². The molecular weight excluding hydrogens is 372 g/mol. The molecule has 0 N–H and O–H groups in total. The van der Waals surface area contributed by atoms with Gasteiger partial charge in [0, 0.05) is 23.8 Å². The second-order valence-corrected chi connectivity index (χ2v) is 6.72. The molecule has 0 aliphatic carbocycles. The summed E-state index contributed by atoms with van der Waals surface area (Å²) in [5.41, 5.74) is 2.95. The first-order chi connectivity index (χ1) is 12.9. The lowest BCUT2D eigenvalue weighted by atomic mass is 10.1. The highest BCUT2D eigenvalue weighted by molar-refractivity contribution is 6.30. The molecule has 136 valence electrons. The fourth-order valence-corrected chi connectivity index (χ4v) is 3.23. The summed E-state index contributed by atoms with van der Waals surface area (Å²) in [4.78, 5) is 17.4. The number of fused-ring (bicyclic) bond motifs is 1. The molecule has 0 spiro atoms. The molecule has 0 atom stereocenters. The minimum atomic E-state index is -0.946. The summed E-state index contributed by atoms with van der Waals surface area (Å²) >= 11 is 5.94. The molecular formula is C20H14ClF2N3O. The lowest BCUT2D eigenvalue weighted by Crippen LogP contribution is -2.22. The maximum atomic E-state index is 13.4. The Bertz CT molecular complexity index is 1210. The van der Waals surface area contributed by atoms with Gasteiger partial charge in [-0.1, -0.05) is 29.8 Å². The van der Waals surface area contributed by atoms with Crippen molar-refractivity contribution in [3.05, 3.63) is 87.6 Å². The van der Waals surface area contributed by atoms with Crippen LogP contribution in [0.1, 0.15) is 5.56 Å². The van der Waals surface area contributed by atoms with E-state index in [9.17, 15) is 13.6 Å². The summed E-state index contributed by atoms with van der Waals surface area (Å²) in [7, 11) is 1.77. The molecule has 27 heavy (non-hydrogen) atoms. The fourth-order valence-electron chi connectivity index (χ4n) is 3.10. The molecule has 0 aliphatic heterocycles. The molecule has 2 aromatic carbocycles. The average molecular weight is 386 g/mol. The van der Waals surface area contributed by atoms with Gasteiger partial charge in [0.05, 0.1) is 12.9 Å². The van der Waals surface area contributed by atoms with Crippen molar-refractivity contribution in [1.82, 2.24) is 14.1 Å². The van der Waals surface area contributed by atoms with Crippen LogP contribution >= 0.6 is 11.6 Å². The smallest absolute Gasteiger partial charge is 0.278 e. The molecule has 4 aromatic rings. The molecule has 4 rings (SSSR count). The summed E-state index contributed by atoms with van der Waals surface area (Å²) in [5.74, 6) is -1.87. The third-order valence-electron chi connectivity index (χ3n) is 4.44. The summed E-state index contributed by atoms with van der Waals surface area (Å²) in [6, 6.07) is 10.9. The van der Waals surface area contributed by atoms with Crippen molar-refractivity contribution in [2.45, 2.75) is 6.54 Å². The van der Waals surface area contributed by atoms with E-state index in [1.807, 2.05) is 18.3 Å². The van der Waals surface area contributed by atoms with Gasteiger partial charge in [0.15, 0.2) is 11.6 Å². The second-order valence-electron chi connectivity index (χ2n) is 6.28. The summed E-state index contributed by atoms with van der Waals surface area (Å²) in [6.45, 7) is 0.0977. The van der Waals surface area contributed by atoms with Crippen LogP contribution in [0.15, 0.2) is 59.8 Å². The van der Waals surface area contributed by atoms with E-state index in [1.165, 1.54) is 17.0 Å². The van der Waals surface area contributed by atoms with Crippen LogP contribution < -0.4 is 5.56 Å². The van der Waals surface area contributed by atoms with Crippen LogP contribution in [-0.2, 0) is 13.6 Å². The van der Waals surface area contributed by atoms with Gasteiger partial charge >= 0.3 is 0 Å². The van der Waals surface area contributed by atoms with E-state index in [0.717, 1.165) is 23.3 Å². The Labute approximate surface area is 158 Å². The Hall–Kier alpha value is -2.99. The predicted molar refractivity (Wildman–Crippen MR) is 101 cm³/mol. The number of benzene rings is 2. The first-order valence-electron chi connectivity index (χ1n) is 8.18. The lowest BCUT2D eigenvalue weighted by molar-refractivity contribution is 0.506. The number of rotatable bonds is 3. The third kappa shape index (κ3) is 3.13. The van der Waals surface area contributed by atoms with Gasteiger partial charge in [-0.05, 0) is 35.4 Å². The van der Waals surface area contributed by atoms with Crippen LogP contribution in [0.3, 0.4) is 0 Å². The molecule has 2 aromatic heterocycles. The van der Waals surface area contributed by atoms with E-state index in [-0.39, 0.29) is 12.1 Å². The van der Waals surface area contributed by atoms with Crippen molar-refractivity contribution in [3.63, 3.8) is 0 Å². The summed E-state index contributed by atoms with van der Waals surface area (Å²) in [6.07, 6.45) is 3.26. The Kier molecular flexibility index (Phi) is 4.28. The second kappa shape index (κ2) is 6.63. The highest BCUT2D eigenvalue weighted by Gasteiger charge is 2.15. The van der Waals surface area contributed by atoms with Gasteiger partial charge in [-0.2, -0.15) is 0 Å². The van der Waals surface area contributed by atoms with Crippen LogP contribution in [0.2, 0.25) is 5.02 Å². The van der Waals surface area contributed by atoms with Gasteiger partial charge in [0.1, 0.15) is 11.0 Å². The fraction of sp³-hybridized carbons (Fsp3) is 0.100. The van der Waals surface area contributed by atoms with Gasteiger partial charge in [0.25, 0.3) is 5.56 Å². The quantitative estimate of drug-likeness (QED) is 0.525.